The van der Waals surface area contributed by atoms with Crippen molar-refractivity contribution in [3.63, 3.8) is 0 Å². The molecule has 2 aliphatic carbocycles. The Balaban J connectivity index is 1.37. The zero-order chi connectivity index (χ0) is 20.1. The molecule has 0 atom stereocenters. The van der Waals surface area contributed by atoms with Crippen LogP contribution in [-0.2, 0) is 25.7 Å². The standard InChI is InChI=1S/C22H30N4O2/c1-21(2)9-15-19(17(27)11-21)13(23-25-15)7-5-6-8-14-20-16(26-24-14)10-22(3,4)12-18(20)28/h5-12H2,1-4H3,(H,23,25)(H,24,26). The molecule has 0 unspecified atom stereocenters. The molecule has 4 rings (SSSR count). The van der Waals surface area contributed by atoms with Crippen molar-refractivity contribution in [2.75, 3.05) is 0 Å². The smallest absolute Gasteiger partial charge is 0.167 e. The molecule has 0 radical (unpaired) electrons. The summed E-state index contributed by atoms with van der Waals surface area (Å²) in [6.45, 7) is 8.51. The highest BCUT2D eigenvalue weighted by molar-refractivity contribution is 6.00. The van der Waals surface area contributed by atoms with Crippen LogP contribution >= 0.6 is 0 Å². The van der Waals surface area contributed by atoms with Gasteiger partial charge in [0.25, 0.3) is 0 Å². The summed E-state index contributed by atoms with van der Waals surface area (Å²) in [5, 5.41) is 15.0. The van der Waals surface area contributed by atoms with Crippen LogP contribution in [0.25, 0.3) is 0 Å². The number of ketones is 2. The lowest BCUT2D eigenvalue weighted by atomic mass is 9.75. The number of carbonyl (C=O) groups is 2. The van der Waals surface area contributed by atoms with Crippen LogP contribution in [0.1, 0.15) is 96.9 Å². The normalized spacial score (nSPS) is 20.1. The van der Waals surface area contributed by atoms with Crippen molar-refractivity contribution >= 4 is 11.6 Å². The lowest BCUT2D eigenvalue weighted by molar-refractivity contribution is 0.0901. The fraction of sp³-hybridized carbons (Fsp3) is 0.636. The van der Waals surface area contributed by atoms with Crippen LogP contribution in [-0.4, -0.2) is 32.0 Å². The van der Waals surface area contributed by atoms with Crippen molar-refractivity contribution in [1.82, 2.24) is 20.4 Å². The molecule has 2 aromatic rings. The van der Waals surface area contributed by atoms with E-state index in [0.29, 0.717) is 12.8 Å². The van der Waals surface area contributed by atoms with Crippen molar-refractivity contribution in [3.05, 3.63) is 33.9 Å². The van der Waals surface area contributed by atoms with E-state index < -0.39 is 0 Å². The van der Waals surface area contributed by atoms with Crippen molar-refractivity contribution in [2.45, 2.75) is 79.1 Å². The zero-order valence-electron chi connectivity index (χ0n) is 17.4. The molecular formula is C22H30N4O2. The van der Waals surface area contributed by atoms with E-state index in [1.807, 2.05) is 0 Å². The van der Waals surface area contributed by atoms with Gasteiger partial charge in [0.1, 0.15) is 0 Å². The van der Waals surface area contributed by atoms with E-state index in [1.54, 1.807) is 0 Å². The maximum Gasteiger partial charge on any atom is 0.167 e. The lowest BCUT2D eigenvalue weighted by Crippen LogP contribution is -2.27. The quantitative estimate of drug-likeness (QED) is 0.764. The second kappa shape index (κ2) is 6.68. The van der Waals surface area contributed by atoms with Gasteiger partial charge in [0.15, 0.2) is 11.6 Å². The molecule has 0 amide bonds. The Morgan fingerprint density at radius 3 is 1.50 bits per heavy atom. The first-order valence-electron chi connectivity index (χ1n) is 10.3. The Morgan fingerprint density at radius 2 is 1.11 bits per heavy atom. The van der Waals surface area contributed by atoms with Crippen LogP contribution in [0.5, 0.6) is 0 Å². The molecule has 0 fully saturated rings. The Morgan fingerprint density at radius 1 is 0.714 bits per heavy atom. The second-order valence-corrected chi connectivity index (χ2v) is 10.1. The number of aromatic nitrogens is 4. The molecule has 6 nitrogen and oxygen atoms in total. The summed E-state index contributed by atoms with van der Waals surface area (Å²) in [4.78, 5) is 25.1. The number of hydrogen-bond acceptors (Lipinski definition) is 4. The molecule has 0 bridgehead atoms. The number of nitrogens with one attached hydrogen (secondary N) is 2. The number of aromatic amines is 2. The first kappa shape index (κ1) is 19.1. The lowest BCUT2D eigenvalue weighted by Gasteiger charge is -2.28. The van der Waals surface area contributed by atoms with Gasteiger partial charge >= 0.3 is 0 Å². The summed E-state index contributed by atoms with van der Waals surface area (Å²) in [5.41, 5.74) is 5.46. The average molecular weight is 383 g/mol. The minimum atomic E-state index is 0.00797. The van der Waals surface area contributed by atoms with Crippen molar-refractivity contribution in [3.8, 4) is 0 Å². The van der Waals surface area contributed by atoms with Gasteiger partial charge in [-0.2, -0.15) is 10.2 Å². The fourth-order valence-corrected chi connectivity index (χ4v) is 4.83. The number of H-pyrrole nitrogens is 2. The van der Waals surface area contributed by atoms with Crippen LogP contribution in [0, 0.1) is 10.8 Å². The van der Waals surface area contributed by atoms with Gasteiger partial charge in [-0.15, -0.1) is 0 Å². The number of Topliss-reactive ketones (excluding diaryl/α,β-unsaturated/α-hetero) is 2. The molecule has 2 heterocycles. The van der Waals surface area contributed by atoms with Crippen LogP contribution in [0.2, 0.25) is 0 Å². The Bertz CT molecular complexity index is 856. The molecule has 150 valence electrons. The molecule has 28 heavy (non-hydrogen) atoms. The van der Waals surface area contributed by atoms with E-state index in [0.717, 1.165) is 72.4 Å². The van der Waals surface area contributed by atoms with Gasteiger partial charge in [0, 0.05) is 24.2 Å². The second-order valence-electron chi connectivity index (χ2n) is 10.1. The van der Waals surface area contributed by atoms with Gasteiger partial charge < -0.3 is 0 Å². The van der Waals surface area contributed by atoms with Crippen molar-refractivity contribution in [1.29, 1.82) is 0 Å². The topological polar surface area (TPSA) is 91.5 Å². The van der Waals surface area contributed by atoms with Gasteiger partial charge in [-0.25, -0.2) is 0 Å². The molecule has 0 aliphatic heterocycles. The number of aryl methyl sites for hydroxylation is 2. The number of rotatable bonds is 5. The fourth-order valence-electron chi connectivity index (χ4n) is 4.83. The molecule has 0 spiro atoms. The Labute approximate surface area is 165 Å². The predicted molar refractivity (Wildman–Crippen MR) is 107 cm³/mol. The highest BCUT2D eigenvalue weighted by atomic mass is 16.1. The molecule has 2 N–H and O–H groups in total. The number of carbonyl (C=O) groups excluding carboxylic acids is 2. The maximum absolute atomic E-state index is 12.5. The number of fused-ring (bicyclic) bond motifs is 2. The maximum atomic E-state index is 12.5. The van der Waals surface area contributed by atoms with Crippen LogP contribution in [0.4, 0.5) is 0 Å². The summed E-state index contributed by atoms with van der Waals surface area (Å²) in [7, 11) is 0. The number of nitrogens with zero attached hydrogens (tertiary/aromatic N) is 2. The first-order valence-corrected chi connectivity index (χ1v) is 10.3. The third-order valence-corrected chi connectivity index (χ3v) is 6.06. The summed E-state index contributed by atoms with van der Waals surface area (Å²) in [5.74, 6) is 0.425. The van der Waals surface area contributed by atoms with E-state index in [1.165, 1.54) is 0 Å². The Hall–Kier alpha value is -2.24. The van der Waals surface area contributed by atoms with Gasteiger partial charge in [-0.1, -0.05) is 27.7 Å². The van der Waals surface area contributed by atoms with Crippen LogP contribution in [0.15, 0.2) is 0 Å². The molecule has 2 aromatic heterocycles. The summed E-state index contributed by atoms with van der Waals surface area (Å²) in [6, 6.07) is 0. The predicted octanol–water partition coefficient (Wildman–Crippen LogP) is 4.01. The van der Waals surface area contributed by atoms with E-state index in [4.69, 9.17) is 0 Å². The molecule has 2 aliphatic rings. The highest BCUT2D eigenvalue weighted by Gasteiger charge is 2.35. The summed E-state index contributed by atoms with van der Waals surface area (Å²) < 4.78 is 0. The highest BCUT2D eigenvalue weighted by Crippen LogP contribution is 2.36. The van der Waals surface area contributed by atoms with Gasteiger partial charge in [0.2, 0.25) is 0 Å². The molecule has 0 aromatic carbocycles. The number of unbranched alkanes of at least 4 members (excludes halogenated alkanes) is 1. The molecule has 0 saturated carbocycles. The summed E-state index contributed by atoms with van der Waals surface area (Å²) >= 11 is 0. The monoisotopic (exact) mass is 382 g/mol. The summed E-state index contributed by atoms with van der Waals surface area (Å²) in [6.07, 6.45) is 6.34. The van der Waals surface area contributed by atoms with Gasteiger partial charge in [0.05, 0.1) is 22.5 Å². The van der Waals surface area contributed by atoms with Crippen LogP contribution in [0.3, 0.4) is 0 Å². The largest absolute Gasteiger partial charge is 0.294 e. The molecule has 6 heteroatoms. The number of hydrogen-bond donors (Lipinski definition) is 2. The minimum absolute atomic E-state index is 0.00797. The van der Waals surface area contributed by atoms with Crippen molar-refractivity contribution in [2.24, 2.45) is 10.8 Å². The van der Waals surface area contributed by atoms with E-state index >= 15 is 0 Å². The zero-order valence-corrected chi connectivity index (χ0v) is 17.4. The first-order chi connectivity index (χ1) is 13.2. The van der Waals surface area contributed by atoms with Crippen molar-refractivity contribution < 1.29 is 9.59 Å². The average Bonchev–Trinajstić information content (AvgIpc) is 3.13. The Kier molecular flexibility index (Phi) is 4.55. The minimum Gasteiger partial charge on any atom is -0.294 e. The van der Waals surface area contributed by atoms with Gasteiger partial charge in [-0.05, 0) is 49.4 Å². The third-order valence-electron chi connectivity index (χ3n) is 6.06. The van der Waals surface area contributed by atoms with Crippen LogP contribution < -0.4 is 0 Å². The van der Waals surface area contributed by atoms with E-state index in [9.17, 15) is 9.59 Å². The van der Waals surface area contributed by atoms with E-state index in [2.05, 4.69) is 48.1 Å². The van der Waals surface area contributed by atoms with Gasteiger partial charge in [-0.3, -0.25) is 19.8 Å². The molecular weight excluding hydrogens is 352 g/mol. The van der Waals surface area contributed by atoms with E-state index in [-0.39, 0.29) is 22.4 Å². The molecule has 0 saturated heterocycles. The third kappa shape index (κ3) is 3.56. The SMILES string of the molecule is CC1(C)CC(=O)c2c(CCCCc3n[nH]c4c3C(=O)CC(C)(C)C4)n[nH]c2C1.